The Hall–Kier alpha value is -2.49. The first-order valence-electron chi connectivity index (χ1n) is 7.62. The van der Waals surface area contributed by atoms with Gasteiger partial charge in [0.05, 0.1) is 0 Å². The largest absolute Gasteiger partial charge is 0.508 e. The van der Waals surface area contributed by atoms with Crippen LogP contribution in [0.3, 0.4) is 0 Å². The summed E-state index contributed by atoms with van der Waals surface area (Å²) < 4.78 is 0. The molecule has 0 aliphatic heterocycles. The van der Waals surface area contributed by atoms with Crippen LogP contribution in [0.25, 0.3) is 0 Å². The summed E-state index contributed by atoms with van der Waals surface area (Å²) in [6, 6.07) is 14.1. The van der Waals surface area contributed by atoms with Crippen LogP contribution >= 0.6 is 0 Å². The summed E-state index contributed by atoms with van der Waals surface area (Å²) in [5, 5.41) is 19.1. The van der Waals surface area contributed by atoms with Crippen molar-refractivity contribution in [2.45, 2.75) is 25.2 Å². The normalized spacial score (nSPS) is 11.3. The van der Waals surface area contributed by atoms with Crippen LogP contribution in [0.5, 0.6) is 11.5 Å². The highest BCUT2D eigenvalue weighted by atomic mass is 16.3. The molecule has 0 aromatic heterocycles. The topological polar surface area (TPSA) is 60.8 Å². The molecule has 2 N–H and O–H groups in total. The fourth-order valence-electron chi connectivity index (χ4n) is 2.69. The molecule has 0 radical (unpaired) electrons. The van der Waals surface area contributed by atoms with E-state index >= 15 is 0 Å². The number of nitrogens with zero attached hydrogens (tertiary/aromatic N) is 1. The van der Waals surface area contributed by atoms with Gasteiger partial charge in [-0.05, 0) is 41.8 Å². The van der Waals surface area contributed by atoms with Gasteiger partial charge in [0.2, 0.25) is 5.91 Å². The van der Waals surface area contributed by atoms with Gasteiger partial charge in [-0.15, -0.1) is 0 Å². The van der Waals surface area contributed by atoms with E-state index in [2.05, 4.69) is 6.92 Å². The quantitative estimate of drug-likeness (QED) is 0.890. The second-order valence-corrected chi connectivity index (χ2v) is 6.21. The maximum atomic E-state index is 12.0. The molecule has 122 valence electrons. The molecule has 4 heteroatoms. The van der Waals surface area contributed by atoms with E-state index < -0.39 is 0 Å². The highest BCUT2D eigenvalue weighted by molar-refractivity contribution is 5.75. The number of phenolic OH excluding ortho intramolecular Hbond substituents is 2. The van der Waals surface area contributed by atoms with Gasteiger partial charge in [-0.2, -0.15) is 0 Å². The third-order valence-corrected chi connectivity index (χ3v) is 4.35. The van der Waals surface area contributed by atoms with Gasteiger partial charge in [-0.25, -0.2) is 0 Å². The van der Waals surface area contributed by atoms with Crippen LogP contribution in [0.4, 0.5) is 0 Å². The number of carbonyl (C=O) groups excluding carboxylic acids is 1. The average Bonchev–Trinajstić information content (AvgIpc) is 2.53. The van der Waals surface area contributed by atoms with Gasteiger partial charge in [0.25, 0.3) is 0 Å². The molecular weight excluding hydrogens is 290 g/mol. The van der Waals surface area contributed by atoms with Crippen LogP contribution in [-0.2, 0) is 10.2 Å². The van der Waals surface area contributed by atoms with E-state index in [4.69, 9.17) is 0 Å². The number of carbonyl (C=O) groups is 1. The molecule has 23 heavy (non-hydrogen) atoms. The van der Waals surface area contributed by atoms with Crippen molar-refractivity contribution in [3.05, 3.63) is 59.7 Å². The smallest absolute Gasteiger partial charge is 0.222 e. The van der Waals surface area contributed by atoms with Crippen LogP contribution in [0, 0.1) is 0 Å². The average molecular weight is 313 g/mol. The summed E-state index contributed by atoms with van der Waals surface area (Å²) in [5.41, 5.74) is 1.66. The molecule has 0 heterocycles. The highest BCUT2D eigenvalue weighted by Gasteiger charge is 2.29. The van der Waals surface area contributed by atoms with E-state index in [9.17, 15) is 15.0 Å². The van der Waals surface area contributed by atoms with Gasteiger partial charge in [-0.1, -0.05) is 31.2 Å². The number of phenols is 2. The SMILES string of the molecule is CN(C)C(=O)CCC(C)(c1ccc(O)cc1)c1ccc(O)cc1. The minimum absolute atomic E-state index is 0.0776. The minimum atomic E-state index is -0.382. The van der Waals surface area contributed by atoms with Gasteiger partial charge in [0, 0.05) is 25.9 Å². The molecular formula is C19H23NO3. The van der Waals surface area contributed by atoms with Crippen molar-refractivity contribution in [3.8, 4) is 11.5 Å². The molecule has 2 aromatic carbocycles. The van der Waals surface area contributed by atoms with Crippen LogP contribution in [0.15, 0.2) is 48.5 Å². The molecule has 0 saturated carbocycles. The minimum Gasteiger partial charge on any atom is -0.508 e. The number of aromatic hydroxyl groups is 2. The van der Waals surface area contributed by atoms with E-state index in [0.29, 0.717) is 12.8 Å². The zero-order valence-electron chi connectivity index (χ0n) is 13.8. The number of hydrogen-bond donors (Lipinski definition) is 2. The molecule has 0 fully saturated rings. The van der Waals surface area contributed by atoms with Crippen molar-refractivity contribution in [2.75, 3.05) is 14.1 Å². The lowest BCUT2D eigenvalue weighted by molar-refractivity contribution is -0.129. The summed E-state index contributed by atoms with van der Waals surface area (Å²) in [5.74, 6) is 0.506. The van der Waals surface area contributed by atoms with E-state index in [1.807, 2.05) is 24.3 Å². The van der Waals surface area contributed by atoms with Crippen LogP contribution < -0.4 is 0 Å². The molecule has 0 saturated heterocycles. The Kier molecular flexibility index (Phi) is 4.94. The Balaban J connectivity index is 2.39. The van der Waals surface area contributed by atoms with Crippen molar-refractivity contribution in [2.24, 2.45) is 0 Å². The Labute approximate surface area is 137 Å². The Morgan fingerprint density at radius 1 is 0.913 bits per heavy atom. The van der Waals surface area contributed by atoms with Crippen molar-refractivity contribution in [1.29, 1.82) is 0 Å². The van der Waals surface area contributed by atoms with Crippen molar-refractivity contribution < 1.29 is 15.0 Å². The van der Waals surface area contributed by atoms with Crippen LogP contribution in [0.1, 0.15) is 30.9 Å². The van der Waals surface area contributed by atoms with E-state index in [0.717, 1.165) is 11.1 Å². The van der Waals surface area contributed by atoms with Crippen molar-refractivity contribution in [3.63, 3.8) is 0 Å². The Morgan fingerprint density at radius 2 is 1.30 bits per heavy atom. The molecule has 0 spiro atoms. The van der Waals surface area contributed by atoms with Gasteiger partial charge in [-0.3, -0.25) is 4.79 Å². The Bertz CT molecular complexity index is 615. The predicted molar refractivity (Wildman–Crippen MR) is 90.6 cm³/mol. The number of rotatable bonds is 5. The first-order valence-corrected chi connectivity index (χ1v) is 7.62. The van der Waals surface area contributed by atoms with Gasteiger partial charge in [0.1, 0.15) is 11.5 Å². The highest BCUT2D eigenvalue weighted by Crippen LogP contribution is 2.37. The van der Waals surface area contributed by atoms with Crippen molar-refractivity contribution in [1.82, 2.24) is 4.90 Å². The number of benzene rings is 2. The third kappa shape index (κ3) is 3.83. The zero-order chi connectivity index (χ0) is 17.0. The molecule has 0 unspecified atom stereocenters. The summed E-state index contributed by atoms with van der Waals surface area (Å²) in [7, 11) is 3.50. The van der Waals surface area contributed by atoms with Gasteiger partial charge < -0.3 is 15.1 Å². The maximum Gasteiger partial charge on any atom is 0.222 e. The fraction of sp³-hybridized carbons (Fsp3) is 0.316. The molecule has 0 bridgehead atoms. The standard InChI is InChI=1S/C19H23NO3/c1-19(13-12-18(23)20(2)3,14-4-8-16(21)9-5-14)15-6-10-17(22)11-7-15/h4-11,21-22H,12-13H2,1-3H3. The molecule has 1 amide bonds. The molecule has 0 aliphatic carbocycles. The van der Waals surface area contributed by atoms with Crippen molar-refractivity contribution >= 4 is 5.91 Å². The summed E-state index contributed by atoms with van der Waals surface area (Å²) in [6.45, 7) is 2.08. The van der Waals surface area contributed by atoms with Gasteiger partial charge in [0.15, 0.2) is 0 Å². The molecule has 0 atom stereocenters. The summed E-state index contributed by atoms with van der Waals surface area (Å²) in [4.78, 5) is 13.6. The van der Waals surface area contributed by atoms with E-state index in [1.165, 1.54) is 0 Å². The first-order chi connectivity index (χ1) is 10.8. The monoisotopic (exact) mass is 313 g/mol. The lowest BCUT2D eigenvalue weighted by atomic mass is 9.73. The Morgan fingerprint density at radius 3 is 1.65 bits per heavy atom. The van der Waals surface area contributed by atoms with E-state index in [-0.39, 0.29) is 22.8 Å². The number of amides is 1. The first kappa shape index (κ1) is 16.9. The predicted octanol–water partition coefficient (Wildman–Crippen LogP) is 3.27. The second kappa shape index (κ2) is 6.73. The van der Waals surface area contributed by atoms with E-state index in [1.54, 1.807) is 43.3 Å². The lowest BCUT2D eigenvalue weighted by Gasteiger charge is -2.31. The third-order valence-electron chi connectivity index (χ3n) is 4.35. The second-order valence-electron chi connectivity index (χ2n) is 6.21. The zero-order valence-corrected chi connectivity index (χ0v) is 13.8. The molecule has 4 nitrogen and oxygen atoms in total. The fourth-order valence-corrected chi connectivity index (χ4v) is 2.69. The molecule has 2 rings (SSSR count). The molecule has 2 aromatic rings. The van der Waals surface area contributed by atoms with Crippen LogP contribution in [-0.4, -0.2) is 35.1 Å². The molecule has 0 aliphatic rings. The summed E-state index contributed by atoms with van der Waals surface area (Å²) >= 11 is 0. The lowest BCUT2D eigenvalue weighted by Crippen LogP contribution is -2.28. The van der Waals surface area contributed by atoms with Crippen LogP contribution in [0.2, 0.25) is 0 Å². The summed E-state index contributed by atoms with van der Waals surface area (Å²) in [6.07, 6.45) is 1.06. The number of hydrogen-bond acceptors (Lipinski definition) is 3. The van der Waals surface area contributed by atoms with Gasteiger partial charge >= 0.3 is 0 Å². The maximum absolute atomic E-state index is 12.0.